The molecule has 6 unspecified atom stereocenters. The van der Waals surface area contributed by atoms with Crippen LogP contribution in [0, 0.1) is 29.1 Å². The summed E-state index contributed by atoms with van der Waals surface area (Å²) in [6.45, 7) is 9.75. The van der Waals surface area contributed by atoms with Crippen LogP contribution in [0.1, 0.15) is 88.5 Å². The molecule has 0 saturated heterocycles. The van der Waals surface area contributed by atoms with E-state index < -0.39 is 0 Å². The van der Waals surface area contributed by atoms with E-state index in [2.05, 4.69) is 160 Å². The van der Waals surface area contributed by atoms with E-state index in [0.29, 0.717) is 5.41 Å². The molecular formula is C54H49NO. The lowest BCUT2D eigenvalue weighted by Crippen LogP contribution is -2.73. The number of hydrogen-bond acceptors (Lipinski definition) is 2. The summed E-state index contributed by atoms with van der Waals surface area (Å²) >= 11 is 0. The molecule has 0 radical (unpaired) electrons. The van der Waals surface area contributed by atoms with Gasteiger partial charge in [0.2, 0.25) is 0 Å². The minimum Gasteiger partial charge on any atom is -0.456 e. The third kappa shape index (κ3) is 3.76. The second-order valence-electron chi connectivity index (χ2n) is 20.0. The van der Waals surface area contributed by atoms with Crippen LogP contribution in [-0.4, -0.2) is 0 Å². The molecule has 4 saturated carbocycles. The number of fused-ring (bicyclic) bond motifs is 12. The Morgan fingerprint density at radius 3 is 2.14 bits per heavy atom. The van der Waals surface area contributed by atoms with Gasteiger partial charge in [-0.1, -0.05) is 107 Å². The Labute approximate surface area is 330 Å². The maximum atomic E-state index is 6.32. The molecule has 7 aromatic rings. The number of furan rings is 1. The zero-order valence-electron chi connectivity index (χ0n) is 33.0. The third-order valence-electron chi connectivity index (χ3n) is 16.8. The van der Waals surface area contributed by atoms with E-state index in [1.165, 1.54) is 76.9 Å². The van der Waals surface area contributed by atoms with Crippen LogP contribution in [0.25, 0.3) is 44.2 Å². The Balaban J connectivity index is 0.955. The molecule has 6 aliphatic carbocycles. The number of rotatable bonds is 4. The van der Waals surface area contributed by atoms with Gasteiger partial charge in [-0.3, -0.25) is 0 Å². The van der Waals surface area contributed by atoms with Crippen LogP contribution >= 0.6 is 0 Å². The van der Waals surface area contributed by atoms with Crippen LogP contribution in [0.2, 0.25) is 0 Å². The van der Waals surface area contributed by atoms with Crippen molar-refractivity contribution in [1.82, 2.24) is 0 Å². The van der Waals surface area contributed by atoms with Gasteiger partial charge in [-0.05, 0) is 171 Å². The zero-order valence-corrected chi connectivity index (χ0v) is 33.0. The quantitative estimate of drug-likeness (QED) is 0.179. The predicted molar refractivity (Wildman–Crippen MR) is 230 cm³/mol. The third-order valence-corrected chi connectivity index (χ3v) is 16.8. The fourth-order valence-electron chi connectivity index (χ4n) is 14.5. The molecule has 6 aliphatic rings. The van der Waals surface area contributed by atoms with Crippen molar-refractivity contribution in [2.24, 2.45) is 29.1 Å². The van der Waals surface area contributed by atoms with E-state index in [1.54, 1.807) is 11.1 Å². The molecule has 0 amide bonds. The summed E-state index contributed by atoms with van der Waals surface area (Å²) in [5, 5.41) is 2.32. The second-order valence-corrected chi connectivity index (χ2v) is 20.0. The van der Waals surface area contributed by atoms with Crippen LogP contribution < -0.4 is 4.90 Å². The highest BCUT2D eigenvalue weighted by atomic mass is 16.3. The first kappa shape index (κ1) is 32.1. The highest BCUT2D eigenvalue weighted by molar-refractivity contribution is 6.06. The Kier molecular flexibility index (Phi) is 5.98. The average Bonchev–Trinajstić information content (AvgIpc) is 3.94. The molecule has 2 spiro atoms. The fourth-order valence-corrected chi connectivity index (χ4v) is 14.5. The highest BCUT2D eigenvalue weighted by Crippen LogP contribution is 2.89. The summed E-state index contributed by atoms with van der Waals surface area (Å²) in [6.07, 6.45) is 8.24. The van der Waals surface area contributed by atoms with E-state index in [9.17, 15) is 0 Å². The highest BCUT2D eigenvalue weighted by Gasteiger charge is 2.84. The minimum atomic E-state index is 0.0450. The number of anilines is 3. The molecule has 0 aliphatic heterocycles. The summed E-state index contributed by atoms with van der Waals surface area (Å²) in [6, 6.07) is 48.7. The molecule has 1 aromatic heterocycles. The lowest BCUT2D eigenvalue weighted by Gasteiger charge is -2.76. The van der Waals surface area contributed by atoms with E-state index in [1.807, 2.05) is 0 Å². The molecular weight excluding hydrogens is 679 g/mol. The molecule has 13 rings (SSSR count). The molecule has 0 N–H and O–H groups in total. The van der Waals surface area contributed by atoms with Crippen molar-refractivity contribution in [3.05, 3.63) is 150 Å². The first-order chi connectivity index (χ1) is 27.2. The number of hydrogen-bond donors (Lipinski definition) is 0. The normalized spacial score (nSPS) is 29.1. The van der Waals surface area contributed by atoms with E-state index in [0.717, 1.165) is 57.7 Å². The summed E-state index contributed by atoms with van der Waals surface area (Å²) < 4.78 is 6.32. The van der Waals surface area contributed by atoms with Gasteiger partial charge in [0.15, 0.2) is 0 Å². The first-order valence-electron chi connectivity index (χ1n) is 21.4. The van der Waals surface area contributed by atoms with E-state index in [-0.39, 0.29) is 16.2 Å². The molecule has 6 aromatic carbocycles. The Morgan fingerprint density at radius 2 is 1.27 bits per heavy atom. The second kappa shape index (κ2) is 10.5. The van der Waals surface area contributed by atoms with Gasteiger partial charge in [-0.25, -0.2) is 0 Å². The van der Waals surface area contributed by atoms with Gasteiger partial charge < -0.3 is 9.32 Å². The molecule has 6 atom stereocenters. The molecule has 4 fully saturated rings. The lowest BCUT2D eigenvalue weighted by atomic mass is 9.27. The SMILES string of the molecule is CC1(C)CCC(C)(C)c2c(N(c3ccc(-c4ccc5c(c4)C4(c6ccccc6-5)C5CC6CC7CC4C75C6)cc3)c3ccc4oc5ccccc5c4c3)cccc21. The van der Waals surface area contributed by atoms with Crippen LogP contribution in [0.15, 0.2) is 132 Å². The zero-order chi connectivity index (χ0) is 37.3. The van der Waals surface area contributed by atoms with Gasteiger partial charge in [-0.2, -0.15) is 0 Å². The molecule has 2 nitrogen and oxygen atoms in total. The maximum Gasteiger partial charge on any atom is 0.135 e. The van der Waals surface area contributed by atoms with Crippen molar-refractivity contribution in [2.75, 3.05) is 4.90 Å². The Hall–Kier alpha value is -5.08. The predicted octanol–water partition coefficient (Wildman–Crippen LogP) is 14.4. The molecule has 1 heterocycles. The fraction of sp³-hybridized carbons (Fsp3) is 0.333. The molecule has 2 heteroatoms. The minimum absolute atomic E-state index is 0.0450. The van der Waals surface area contributed by atoms with Gasteiger partial charge in [0.05, 0.1) is 5.69 Å². The topological polar surface area (TPSA) is 16.4 Å². The van der Waals surface area contributed by atoms with Gasteiger partial charge in [0.1, 0.15) is 11.2 Å². The number of para-hydroxylation sites is 1. The van der Waals surface area contributed by atoms with Crippen LogP contribution in [-0.2, 0) is 16.2 Å². The van der Waals surface area contributed by atoms with Crippen molar-refractivity contribution in [3.63, 3.8) is 0 Å². The largest absolute Gasteiger partial charge is 0.456 e. The Bertz CT molecular complexity index is 2820. The van der Waals surface area contributed by atoms with E-state index in [4.69, 9.17) is 4.42 Å². The average molecular weight is 728 g/mol. The first-order valence-corrected chi connectivity index (χ1v) is 21.4. The Morgan fingerprint density at radius 1 is 0.554 bits per heavy atom. The van der Waals surface area contributed by atoms with Crippen LogP contribution in [0.5, 0.6) is 0 Å². The number of nitrogens with zero attached hydrogens (tertiary/aromatic N) is 1. The standard InChI is InChI=1S/C54H49NO/c1-51(2)24-25-52(3,4)50-43(51)13-9-14-45(50)55(37-21-23-47-41(30-37)40-11-6-8-15-46(40)56-47)36-19-16-33(17-20-36)34-18-22-39-38-10-5-7-12-42(38)54(44(39)28-34)48-27-32-26-35-29-49(54)53(35,48)31-32/h5-23,28,30,32,35,48-49H,24-27,29,31H2,1-4H3. The van der Waals surface area contributed by atoms with Crippen LogP contribution in [0.3, 0.4) is 0 Å². The molecule has 56 heavy (non-hydrogen) atoms. The van der Waals surface area contributed by atoms with Gasteiger partial charge in [0.25, 0.3) is 0 Å². The summed E-state index contributed by atoms with van der Waals surface area (Å²) in [7, 11) is 0. The monoisotopic (exact) mass is 727 g/mol. The van der Waals surface area contributed by atoms with Gasteiger partial charge in [-0.15, -0.1) is 0 Å². The van der Waals surface area contributed by atoms with Gasteiger partial charge >= 0.3 is 0 Å². The van der Waals surface area contributed by atoms with Crippen molar-refractivity contribution < 1.29 is 4.42 Å². The summed E-state index contributed by atoms with van der Waals surface area (Å²) in [4.78, 5) is 2.53. The number of benzene rings is 6. The van der Waals surface area contributed by atoms with Crippen molar-refractivity contribution in [3.8, 4) is 22.3 Å². The summed E-state index contributed by atoms with van der Waals surface area (Å²) in [5.74, 6) is 3.60. The van der Waals surface area contributed by atoms with Gasteiger partial charge in [0, 0.05) is 27.6 Å². The van der Waals surface area contributed by atoms with Crippen LogP contribution in [0.4, 0.5) is 17.1 Å². The van der Waals surface area contributed by atoms with Crippen molar-refractivity contribution >= 4 is 39.0 Å². The smallest absolute Gasteiger partial charge is 0.135 e. The van der Waals surface area contributed by atoms with Crippen molar-refractivity contribution in [2.45, 2.75) is 82.5 Å². The lowest BCUT2D eigenvalue weighted by molar-refractivity contribution is -0.231. The molecule has 2 bridgehead atoms. The maximum absolute atomic E-state index is 6.32. The molecule has 276 valence electrons. The summed E-state index contributed by atoms with van der Waals surface area (Å²) in [5.41, 5.74) is 18.4. The van der Waals surface area contributed by atoms with E-state index >= 15 is 0 Å². The van der Waals surface area contributed by atoms with Crippen molar-refractivity contribution in [1.29, 1.82) is 0 Å².